The Balaban J connectivity index is 0.000000308. The van der Waals surface area contributed by atoms with E-state index in [2.05, 4.69) is 0 Å². The Morgan fingerprint density at radius 3 is 1.76 bits per heavy atom. The molecular formula is C26H40ClN3O8. The van der Waals surface area contributed by atoms with Gasteiger partial charge in [-0.1, -0.05) is 11.6 Å². The molecule has 2 aliphatic rings. The maximum atomic E-state index is 12.0. The molecule has 0 atom stereocenters. The molecule has 0 spiro atoms. The third-order valence-corrected chi connectivity index (χ3v) is 5.93. The van der Waals surface area contributed by atoms with E-state index in [0.29, 0.717) is 57.6 Å². The Kier molecular flexibility index (Phi) is 11.0. The quantitative estimate of drug-likeness (QED) is 0.385. The number of amides is 2. The van der Waals surface area contributed by atoms with Gasteiger partial charge in [-0.25, -0.2) is 9.59 Å². The van der Waals surface area contributed by atoms with Crippen molar-refractivity contribution in [3.8, 4) is 5.75 Å². The molecule has 1 aromatic carbocycles. The van der Waals surface area contributed by atoms with Crippen LogP contribution >= 0.6 is 11.6 Å². The van der Waals surface area contributed by atoms with Crippen molar-refractivity contribution in [3.05, 3.63) is 33.3 Å². The second-order valence-electron chi connectivity index (χ2n) is 11.4. The molecule has 12 heteroatoms. The Hall–Kier alpha value is -2.79. The largest absolute Gasteiger partial charge is 0.489 e. The van der Waals surface area contributed by atoms with Crippen molar-refractivity contribution in [2.75, 3.05) is 26.2 Å². The van der Waals surface area contributed by atoms with Gasteiger partial charge in [-0.3, -0.25) is 10.1 Å². The first-order valence-electron chi connectivity index (χ1n) is 12.8. The highest BCUT2D eigenvalue weighted by Gasteiger charge is 2.28. The predicted octanol–water partition coefficient (Wildman–Crippen LogP) is 5.40. The number of hydrogen-bond acceptors (Lipinski definition) is 8. The summed E-state index contributed by atoms with van der Waals surface area (Å²) < 4.78 is 16.4. The maximum absolute atomic E-state index is 12.0. The summed E-state index contributed by atoms with van der Waals surface area (Å²) in [6, 6.07) is 4.13. The number of nitro benzene ring substituents is 1. The Morgan fingerprint density at radius 2 is 1.37 bits per heavy atom. The fraction of sp³-hybridized carbons (Fsp3) is 0.692. The topological polar surface area (TPSA) is 132 Å². The molecule has 0 saturated carbocycles. The molecule has 214 valence electrons. The van der Waals surface area contributed by atoms with Crippen molar-refractivity contribution < 1.29 is 33.8 Å². The summed E-state index contributed by atoms with van der Waals surface area (Å²) >= 11 is 6.03. The fourth-order valence-corrected chi connectivity index (χ4v) is 3.96. The first kappa shape index (κ1) is 31.4. The molecule has 0 bridgehead atoms. The van der Waals surface area contributed by atoms with Crippen LogP contribution in [0, 0.1) is 10.1 Å². The summed E-state index contributed by atoms with van der Waals surface area (Å²) in [5.41, 5.74) is -1.03. The molecule has 0 radical (unpaired) electrons. The number of ether oxygens (including phenoxy) is 3. The summed E-state index contributed by atoms with van der Waals surface area (Å²) in [7, 11) is 0. The van der Waals surface area contributed by atoms with E-state index in [1.807, 2.05) is 41.5 Å². The minimum atomic E-state index is -0.517. The highest BCUT2D eigenvalue weighted by atomic mass is 35.5. The highest BCUT2D eigenvalue weighted by Crippen LogP contribution is 2.31. The van der Waals surface area contributed by atoms with Gasteiger partial charge in [0.15, 0.2) is 0 Å². The number of piperidine rings is 2. The van der Waals surface area contributed by atoms with Crippen molar-refractivity contribution in [1.29, 1.82) is 0 Å². The number of carbonyl (C=O) groups is 2. The van der Waals surface area contributed by atoms with Crippen LogP contribution in [0.3, 0.4) is 0 Å². The van der Waals surface area contributed by atoms with Crippen molar-refractivity contribution >= 4 is 29.5 Å². The number of hydrogen-bond donors (Lipinski definition) is 1. The molecule has 2 fully saturated rings. The minimum Gasteiger partial charge on any atom is -0.489 e. The van der Waals surface area contributed by atoms with Crippen LogP contribution < -0.4 is 4.74 Å². The maximum Gasteiger partial charge on any atom is 0.410 e. The number of aliphatic hydroxyl groups excluding tert-OH is 1. The van der Waals surface area contributed by atoms with E-state index in [-0.39, 0.29) is 35.1 Å². The molecule has 2 aliphatic heterocycles. The van der Waals surface area contributed by atoms with Gasteiger partial charge in [0.05, 0.1) is 16.0 Å². The molecule has 0 aliphatic carbocycles. The van der Waals surface area contributed by atoms with Crippen molar-refractivity contribution in [2.45, 2.75) is 90.6 Å². The molecule has 3 rings (SSSR count). The molecule has 2 heterocycles. The van der Waals surface area contributed by atoms with Crippen LogP contribution in [0.25, 0.3) is 0 Å². The number of carbonyl (C=O) groups excluding carboxylic acids is 2. The number of aliphatic hydroxyl groups is 1. The predicted molar refractivity (Wildman–Crippen MR) is 143 cm³/mol. The molecule has 11 nitrogen and oxygen atoms in total. The molecule has 2 amide bonds. The summed E-state index contributed by atoms with van der Waals surface area (Å²) in [4.78, 5) is 37.1. The van der Waals surface area contributed by atoms with Gasteiger partial charge in [-0.2, -0.15) is 0 Å². The summed E-state index contributed by atoms with van der Waals surface area (Å²) in [6.07, 6.45) is 1.65. The number of nitrogens with zero attached hydrogens (tertiary/aromatic N) is 3. The van der Waals surface area contributed by atoms with Gasteiger partial charge in [0, 0.05) is 51.2 Å². The van der Waals surface area contributed by atoms with Gasteiger partial charge >= 0.3 is 12.2 Å². The van der Waals surface area contributed by atoms with Crippen LogP contribution in [0.4, 0.5) is 15.3 Å². The van der Waals surface area contributed by atoms with E-state index in [1.54, 1.807) is 9.80 Å². The van der Waals surface area contributed by atoms with E-state index in [9.17, 15) is 24.8 Å². The third kappa shape index (κ3) is 10.9. The van der Waals surface area contributed by atoms with E-state index in [4.69, 9.17) is 25.8 Å². The summed E-state index contributed by atoms with van der Waals surface area (Å²) in [5.74, 6) is 0.415. The molecule has 0 unspecified atom stereocenters. The molecular weight excluding hydrogens is 518 g/mol. The average Bonchev–Trinajstić information content (AvgIpc) is 2.79. The Bertz CT molecular complexity index is 960. The van der Waals surface area contributed by atoms with Crippen LogP contribution in [0.1, 0.15) is 67.2 Å². The highest BCUT2D eigenvalue weighted by molar-refractivity contribution is 6.32. The number of nitro groups is 1. The minimum absolute atomic E-state index is 0.0768. The summed E-state index contributed by atoms with van der Waals surface area (Å²) in [5, 5.41) is 20.2. The van der Waals surface area contributed by atoms with Gasteiger partial charge in [0.2, 0.25) is 0 Å². The van der Waals surface area contributed by atoms with Crippen LogP contribution in [-0.2, 0) is 9.47 Å². The van der Waals surface area contributed by atoms with Gasteiger partial charge in [0.1, 0.15) is 23.1 Å². The van der Waals surface area contributed by atoms with Gasteiger partial charge in [0.25, 0.3) is 5.69 Å². The van der Waals surface area contributed by atoms with Crippen LogP contribution in [-0.4, -0.2) is 81.6 Å². The smallest absolute Gasteiger partial charge is 0.410 e. The average molecular weight is 558 g/mol. The van der Waals surface area contributed by atoms with Crippen molar-refractivity contribution in [3.63, 3.8) is 0 Å². The molecule has 1 aromatic rings. The third-order valence-electron chi connectivity index (χ3n) is 5.63. The van der Waals surface area contributed by atoms with E-state index < -0.39 is 16.1 Å². The van der Waals surface area contributed by atoms with E-state index in [0.717, 1.165) is 0 Å². The second-order valence-corrected chi connectivity index (χ2v) is 11.8. The fourth-order valence-electron chi connectivity index (χ4n) is 3.74. The standard InChI is InChI=1S/C16H21ClN2O5.C10H19NO3/c1-16(2,3)24-15(20)18-8-6-12(7-9-18)23-14-5-4-11(19(21)22)10-13(14)17;1-10(2,3)14-9(13)11-6-4-8(12)5-7-11/h4-5,10,12H,6-9H2,1-3H3;8,12H,4-7H2,1-3H3. The number of non-ortho nitro benzene ring substituents is 1. The Morgan fingerprint density at radius 1 is 0.921 bits per heavy atom. The van der Waals surface area contributed by atoms with Crippen LogP contribution in [0.5, 0.6) is 5.75 Å². The van der Waals surface area contributed by atoms with Crippen molar-refractivity contribution in [2.24, 2.45) is 0 Å². The van der Waals surface area contributed by atoms with E-state index >= 15 is 0 Å². The lowest BCUT2D eigenvalue weighted by atomic mass is 10.1. The lowest BCUT2D eigenvalue weighted by Gasteiger charge is -2.33. The normalized spacial score (nSPS) is 17.3. The zero-order valence-corrected chi connectivity index (χ0v) is 23.8. The molecule has 38 heavy (non-hydrogen) atoms. The zero-order chi connectivity index (χ0) is 28.7. The first-order valence-corrected chi connectivity index (χ1v) is 13.2. The van der Waals surface area contributed by atoms with E-state index in [1.165, 1.54) is 18.2 Å². The van der Waals surface area contributed by atoms with Crippen LogP contribution in [0.15, 0.2) is 18.2 Å². The number of rotatable bonds is 3. The number of halogens is 1. The molecule has 1 N–H and O–H groups in total. The second kappa shape index (κ2) is 13.3. The number of benzene rings is 1. The molecule has 0 aromatic heterocycles. The first-order chi connectivity index (χ1) is 17.5. The molecule has 2 saturated heterocycles. The monoisotopic (exact) mass is 557 g/mol. The van der Waals surface area contributed by atoms with Gasteiger partial charge in [-0.05, 0) is 60.5 Å². The van der Waals surface area contributed by atoms with Crippen molar-refractivity contribution in [1.82, 2.24) is 9.80 Å². The SMILES string of the molecule is CC(C)(C)OC(=O)N1CCC(O)CC1.CC(C)(C)OC(=O)N1CCC(Oc2ccc([N+](=O)[O-])cc2Cl)CC1. The van der Waals surface area contributed by atoms with Crippen LogP contribution in [0.2, 0.25) is 5.02 Å². The summed E-state index contributed by atoms with van der Waals surface area (Å²) in [6.45, 7) is 13.3. The van der Waals surface area contributed by atoms with Gasteiger partial charge in [-0.15, -0.1) is 0 Å². The Labute approximate surface area is 229 Å². The lowest BCUT2D eigenvalue weighted by Crippen LogP contribution is -2.44. The lowest BCUT2D eigenvalue weighted by molar-refractivity contribution is -0.384. The van der Waals surface area contributed by atoms with Gasteiger partial charge < -0.3 is 29.1 Å². The zero-order valence-electron chi connectivity index (χ0n) is 23.1. The number of likely N-dealkylation sites (tertiary alicyclic amines) is 2.